The minimum Gasteiger partial charge on any atom is -0.480 e. The monoisotopic (exact) mass is 689 g/mol. The highest BCUT2D eigenvalue weighted by Crippen LogP contribution is 1.87. The predicted octanol–water partition coefficient (Wildman–Crippen LogP) is -0.577. The molecule has 47 heavy (non-hydrogen) atoms. The Hall–Kier alpha value is -1.58. The highest BCUT2D eigenvalue weighted by molar-refractivity contribution is 5.77. The Morgan fingerprint density at radius 1 is 0.383 bits per heavy atom. The first-order chi connectivity index (χ1) is 23.2. The minimum absolute atomic E-state index is 0.300. The van der Waals surface area contributed by atoms with Crippen LogP contribution >= 0.6 is 0 Å². The number of amides is 1. The molecule has 0 aliphatic heterocycles. The van der Waals surface area contributed by atoms with Gasteiger partial charge in [0.25, 0.3) is 0 Å². The molecule has 0 saturated heterocycles. The standard InChI is InChI=1S/C30H59NO16/c1-2-35-5-6-37-9-10-39-13-14-41-17-18-43-21-22-45-25-26-46-24-23-44-20-19-42-16-15-40-12-11-38-8-7-36-4-3-31-29(32)27-47-28-30(33)34/h2-28H2,1H3,(H,31,32)(H,33,34). The van der Waals surface area contributed by atoms with Gasteiger partial charge in [-0.2, -0.15) is 0 Å². The van der Waals surface area contributed by atoms with Crippen molar-refractivity contribution in [2.75, 3.05) is 178 Å². The summed E-state index contributed by atoms with van der Waals surface area (Å²) in [5.41, 5.74) is 0. The third-order valence-electron chi connectivity index (χ3n) is 5.32. The molecule has 0 bridgehead atoms. The van der Waals surface area contributed by atoms with E-state index in [2.05, 4.69) is 10.1 Å². The number of hydrogen-bond donors (Lipinski definition) is 2. The number of hydrogen-bond acceptors (Lipinski definition) is 15. The molecule has 0 saturated carbocycles. The quantitative estimate of drug-likeness (QED) is 0.0776. The van der Waals surface area contributed by atoms with Crippen molar-refractivity contribution in [3.05, 3.63) is 0 Å². The molecule has 0 aromatic rings. The molecule has 0 aromatic carbocycles. The van der Waals surface area contributed by atoms with E-state index >= 15 is 0 Å². The van der Waals surface area contributed by atoms with Gasteiger partial charge in [-0.15, -0.1) is 0 Å². The first-order valence-corrected chi connectivity index (χ1v) is 16.2. The SMILES string of the molecule is CCOCCOCCOCCOCCOCCOCCOCCOCCOCCOCCOCCOCCNC(=O)COCC(=O)O. The van der Waals surface area contributed by atoms with Crippen LogP contribution in [0, 0.1) is 0 Å². The van der Waals surface area contributed by atoms with Crippen molar-refractivity contribution in [2.45, 2.75) is 6.92 Å². The van der Waals surface area contributed by atoms with Crippen LogP contribution in [0.5, 0.6) is 0 Å². The molecule has 0 aliphatic carbocycles. The van der Waals surface area contributed by atoms with E-state index in [0.29, 0.717) is 165 Å². The number of ether oxygens (including phenoxy) is 13. The third-order valence-corrected chi connectivity index (χ3v) is 5.32. The van der Waals surface area contributed by atoms with Gasteiger partial charge in [0.2, 0.25) is 5.91 Å². The zero-order valence-corrected chi connectivity index (χ0v) is 28.2. The van der Waals surface area contributed by atoms with E-state index in [4.69, 9.17) is 61.9 Å². The summed E-state index contributed by atoms with van der Waals surface area (Å²) in [5.74, 6) is -1.52. The topological polar surface area (TPSA) is 186 Å². The molecular weight excluding hydrogens is 630 g/mol. The van der Waals surface area contributed by atoms with Crippen LogP contribution in [0.2, 0.25) is 0 Å². The van der Waals surface area contributed by atoms with E-state index in [9.17, 15) is 9.59 Å². The van der Waals surface area contributed by atoms with E-state index < -0.39 is 18.5 Å². The van der Waals surface area contributed by atoms with Gasteiger partial charge in [-0.25, -0.2) is 4.79 Å². The molecule has 0 aromatic heterocycles. The van der Waals surface area contributed by atoms with Crippen LogP contribution in [-0.2, 0) is 71.2 Å². The van der Waals surface area contributed by atoms with Crippen molar-refractivity contribution in [3.8, 4) is 0 Å². The van der Waals surface area contributed by atoms with Crippen molar-refractivity contribution in [1.82, 2.24) is 5.32 Å². The molecular formula is C30H59NO16. The van der Waals surface area contributed by atoms with Gasteiger partial charge >= 0.3 is 5.97 Å². The second-order valence-electron chi connectivity index (χ2n) is 9.17. The number of carboxylic acids is 1. The number of carbonyl (C=O) groups is 2. The second-order valence-corrected chi connectivity index (χ2v) is 9.17. The lowest BCUT2D eigenvalue weighted by Crippen LogP contribution is -2.31. The maximum absolute atomic E-state index is 11.4. The number of rotatable bonds is 41. The summed E-state index contributed by atoms with van der Waals surface area (Å²) in [5, 5.41) is 11.0. The average molecular weight is 690 g/mol. The Bertz CT molecular complexity index is 649. The van der Waals surface area contributed by atoms with Gasteiger partial charge in [-0.05, 0) is 6.92 Å². The van der Waals surface area contributed by atoms with Crippen molar-refractivity contribution in [3.63, 3.8) is 0 Å². The highest BCUT2D eigenvalue weighted by Gasteiger charge is 2.03. The highest BCUT2D eigenvalue weighted by atomic mass is 16.6. The fraction of sp³-hybridized carbons (Fsp3) is 0.933. The van der Waals surface area contributed by atoms with Crippen LogP contribution in [0.25, 0.3) is 0 Å². The Balaban J connectivity index is 3.08. The molecule has 0 radical (unpaired) electrons. The number of carboxylic acid groups (broad SMARTS) is 1. The molecule has 0 aliphatic rings. The zero-order chi connectivity index (χ0) is 34.1. The zero-order valence-electron chi connectivity index (χ0n) is 28.2. The molecule has 0 unspecified atom stereocenters. The van der Waals surface area contributed by atoms with Gasteiger partial charge in [0.05, 0.1) is 152 Å². The third kappa shape index (κ3) is 42.4. The normalized spacial score (nSPS) is 11.3. The van der Waals surface area contributed by atoms with Gasteiger partial charge in [0, 0.05) is 13.2 Å². The maximum Gasteiger partial charge on any atom is 0.329 e. The van der Waals surface area contributed by atoms with Gasteiger partial charge in [-0.1, -0.05) is 0 Å². The Morgan fingerprint density at radius 3 is 0.894 bits per heavy atom. The molecule has 17 heteroatoms. The average Bonchev–Trinajstić information content (AvgIpc) is 3.06. The van der Waals surface area contributed by atoms with Crippen LogP contribution in [0.4, 0.5) is 0 Å². The number of nitrogens with one attached hydrogen (secondary N) is 1. The first kappa shape index (κ1) is 45.4. The fourth-order valence-electron chi connectivity index (χ4n) is 3.11. The van der Waals surface area contributed by atoms with E-state index in [1.165, 1.54) is 0 Å². The van der Waals surface area contributed by atoms with Crippen LogP contribution in [0.15, 0.2) is 0 Å². The van der Waals surface area contributed by atoms with Gasteiger partial charge in [0.15, 0.2) is 0 Å². The summed E-state index contributed by atoms with van der Waals surface area (Å²) in [6, 6.07) is 0. The van der Waals surface area contributed by atoms with E-state index in [0.717, 1.165) is 0 Å². The lowest BCUT2D eigenvalue weighted by atomic mass is 10.6. The van der Waals surface area contributed by atoms with Crippen molar-refractivity contribution in [1.29, 1.82) is 0 Å². The molecule has 1 amide bonds. The molecule has 17 nitrogen and oxygen atoms in total. The van der Waals surface area contributed by atoms with Crippen LogP contribution in [-0.4, -0.2) is 195 Å². The molecule has 0 heterocycles. The lowest BCUT2D eigenvalue weighted by molar-refractivity contribution is -0.143. The van der Waals surface area contributed by atoms with Crippen LogP contribution in [0.1, 0.15) is 6.92 Å². The molecule has 0 atom stereocenters. The first-order valence-electron chi connectivity index (χ1n) is 16.2. The van der Waals surface area contributed by atoms with Crippen molar-refractivity contribution in [2.24, 2.45) is 0 Å². The fourth-order valence-corrected chi connectivity index (χ4v) is 3.11. The maximum atomic E-state index is 11.4. The molecule has 2 N–H and O–H groups in total. The van der Waals surface area contributed by atoms with Crippen molar-refractivity contribution < 1.29 is 76.3 Å². The van der Waals surface area contributed by atoms with Gasteiger partial charge in [-0.3, -0.25) is 4.79 Å². The van der Waals surface area contributed by atoms with E-state index in [-0.39, 0.29) is 6.61 Å². The lowest BCUT2D eigenvalue weighted by Gasteiger charge is -2.09. The van der Waals surface area contributed by atoms with E-state index in [1.54, 1.807) is 0 Å². The Morgan fingerprint density at radius 2 is 0.638 bits per heavy atom. The largest absolute Gasteiger partial charge is 0.480 e. The molecule has 0 spiro atoms. The summed E-state index contributed by atoms with van der Waals surface area (Å²) in [6.45, 7) is 13.3. The smallest absolute Gasteiger partial charge is 0.329 e. The summed E-state index contributed by atoms with van der Waals surface area (Å²) in [4.78, 5) is 21.6. The number of carbonyl (C=O) groups excluding carboxylic acids is 1. The molecule has 0 rings (SSSR count). The molecule has 280 valence electrons. The predicted molar refractivity (Wildman–Crippen MR) is 167 cm³/mol. The van der Waals surface area contributed by atoms with E-state index in [1.807, 2.05) is 6.92 Å². The summed E-state index contributed by atoms with van der Waals surface area (Å²) >= 11 is 0. The number of aliphatic carboxylic acids is 1. The summed E-state index contributed by atoms with van der Waals surface area (Å²) < 4.78 is 69.5. The molecule has 0 fully saturated rings. The van der Waals surface area contributed by atoms with Crippen LogP contribution in [0.3, 0.4) is 0 Å². The van der Waals surface area contributed by atoms with Crippen LogP contribution < -0.4 is 5.32 Å². The minimum atomic E-state index is -1.12. The summed E-state index contributed by atoms with van der Waals surface area (Å²) in [7, 11) is 0. The van der Waals surface area contributed by atoms with Crippen molar-refractivity contribution >= 4 is 11.9 Å². The Kier molecular flexibility index (Phi) is 39.2. The van der Waals surface area contributed by atoms with Gasteiger partial charge in [0.1, 0.15) is 13.2 Å². The summed E-state index contributed by atoms with van der Waals surface area (Å²) in [6.07, 6.45) is 0. The Labute approximate surface area is 278 Å². The van der Waals surface area contributed by atoms with Gasteiger partial charge < -0.3 is 72.0 Å². The second kappa shape index (κ2) is 40.6.